The Labute approximate surface area is 137 Å². The maximum absolute atomic E-state index is 3.69. The summed E-state index contributed by atoms with van der Waals surface area (Å²) >= 11 is 0. The number of H-pyrrole nitrogens is 3. The summed E-state index contributed by atoms with van der Waals surface area (Å²) in [4.78, 5) is 10.9. The van der Waals surface area contributed by atoms with Gasteiger partial charge in [-0.25, -0.2) is 0 Å². The maximum atomic E-state index is 3.69. The van der Waals surface area contributed by atoms with Gasteiger partial charge < -0.3 is 15.0 Å². The van der Waals surface area contributed by atoms with Gasteiger partial charge in [0, 0.05) is 45.0 Å². The fraction of sp³-hybridized carbons (Fsp3) is 0.400. The average molecular weight is 307 g/mol. The van der Waals surface area contributed by atoms with E-state index in [1.807, 2.05) is 0 Å². The molecule has 3 heteroatoms. The quantitative estimate of drug-likeness (QED) is 0.550. The number of fused-ring (bicyclic) bond motifs is 6. The number of aryl methyl sites for hydroxylation is 2. The lowest BCUT2D eigenvalue weighted by Crippen LogP contribution is -2.23. The van der Waals surface area contributed by atoms with Crippen LogP contribution in [0.3, 0.4) is 0 Å². The predicted octanol–water partition coefficient (Wildman–Crippen LogP) is 4.42. The number of aromatic amines is 3. The molecule has 23 heavy (non-hydrogen) atoms. The van der Waals surface area contributed by atoms with E-state index in [1.54, 1.807) is 0 Å². The lowest BCUT2D eigenvalue weighted by Gasteiger charge is -2.25. The molecule has 120 valence electrons. The van der Waals surface area contributed by atoms with Gasteiger partial charge in [0.1, 0.15) is 0 Å². The van der Waals surface area contributed by atoms with E-state index >= 15 is 0 Å². The Hall–Kier alpha value is -2.16. The van der Waals surface area contributed by atoms with Crippen molar-refractivity contribution in [3.05, 3.63) is 70.6 Å². The second kappa shape index (κ2) is 4.67. The number of rotatable bonds is 0. The van der Waals surface area contributed by atoms with Gasteiger partial charge in [-0.2, -0.15) is 0 Å². The molecule has 0 spiro atoms. The highest BCUT2D eigenvalue weighted by Gasteiger charge is 2.31. The summed E-state index contributed by atoms with van der Waals surface area (Å²) < 4.78 is 0. The van der Waals surface area contributed by atoms with Crippen LogP contribution >= 0.6 is 0 Å². The van der Waals surface area contributed by atoms with E-state index in [1.165, 1.54) is 34.2 Å². The van der Waals surface area contributed by atoms with E-state index in [9.17, 15) is 0 Å². The third kappa shape index (κ3) is 2.18. The predicted molar refractivity (Wildman–Crippen MR) is 94.0 cm³/mol. The van der Waals surface area contributed by atoms with E-state index in [-0.39, 0.29) is 10.8 Å². The summed E-state index contributed by atoms with van der Waals surface area (Å²) in [5.41, 5.74) is 7.53. The van der Waals surface area contributed by atoms with Gasteiger partial charge in [-0.3, -0.25) is 0 Å². The molecular formula is C20H25N3. The third-order valence-electron chi connectivity index (χ3n) is 5.54. The molecule has 3 aromatic heterocycles. The summed E-state index contributed by atoms with van der Waals surface area (Å²) in [7, 11) is 0. The van der Waals surface area contributed by atoms with Crippen LogP contribution in [0.2, 0.25) is 0 Å². The SMILES string of the molecule is CC1(C)c2ccc([nH]2)CCc2ccc([nH]2)C(C)(C)c2ccc1[nH]2. The molecule has 0 fully saturated rings. The van der Waals surface area contributed by atoms with Crippen molar-refractivity contribution in [2.24, 2.45) is 0 Å². The Bertz CT molecular complexity index is 773. The summed E-state index contributed by atoms with van der Waals surface area (Å²) in [6.07, 6.45) is 2.07. The van der Waals surface area contributed by atoms with Gasteiger partial charge in [0.2, 0.25) is 0 Å². The first-order chi connectivity index (χ1) is 10.9. The monoisotopic (exact) mass is 307 g/mol. The van der Waals surface area contributed by atoms with Crippen LogP contribution in [0.4, 0.5) is 0 Å². The van der Waals surface area contributed by atoms with Crippen molar-refractivity contribution in [2.75, 3.05) is 0 Å². The fourth-order valence-electron chi connectivity index (χ4n) is 3.59. The van der Waals surface area contributed by atoms with Gasteiger partial charge in [0.15, 0.2) is 0 Å². The molecular weight excluding hydrogens is 282 g/mol. The Morgan fingerprint density at radius 3 is 1.35 bits per heavy atom. The second-order valence-corrected chi connectivity index (χ2v) is 7.83. The van der Waals surface area contributed by atoms with Crippen molar-refractivity contribution in [2.45, 2.75) is 51.4 Å². The molecule has 3 N–H and O–H groups in total. The van der Waals surface area contributed by atoms with Gasteiger partial charge in [0.05, 0.1) is 0 Å². The number of hydrogen-bond donors (Lipinski definition) is 3. The molecule has 0 saturated heterocycles. The fourth-order valence-corrected chi connectivity index (χ4v) is 3.59. The first-order valence-electron chi connectivity index (χ1n) is 8.44. The Balaban J connectivity index is 1.91. The first-order valence-corrected chi connectivity index (χ1v) is 8.44. The van der Waals surface area contributed by atoms with Crippen molar-refractivity contribution < 1.29 is 0 Å². The molecule has 3 nitrogen and oxygen atoms in total. The zero-order valence-electron chi connectivity index (χ0n) is 14.4. The van der Waals surface area contributed by atoms with E-state index in [0.717, 1.165) is 12.8 Å². The van der Waals surface area contributed by atoms with Crippen molar-refractivity contribution in [3.8, 4) is 0 Å². The molecule has 0 aliphatic carbocycles. The number of hydrogen-bond acceptors (Lipinski definition) is 0. The maximum Gasteiger partial charge on any atom is 0.0447 e. The molecule has 0 unspecified atom stereocenters. The van der Waals surface area contributed by atoms with Crippen LogP contribution in [0.1, 0.15) is 61.9 Å². The van der Waals surface area contributed by atoms with Crippen molar-refractivity contribution in [3.63, 3.8) is 0 Å². The third-order valence-corrected chi connectivity index (χ3v) is 5.54. The molecule has 0 radical (unpaired) electrons. The lowest BCUT2D eigenvalue weighted by molar-refractivity contribution is 0.573. The highest BCUT2D eigenvalue weighted by molar-refractivity contribution is 5.38. The van der Waals surface area contributed by atoms with Crippen LogP contribution in [0.5, 0.6) is 0 Å². The summed E-state index contributed by atoms with van der Waals surface area (Å²) in [6, 6.07) is 13.4. The molecule has 4 rings (SSSR count). The van der Waals surface area contributed by atoms with Crippen LogP contribution in [0, 0.1) is 0 Å². The highest BCUT2D eigenvalue weighted by Crippen LogP contribution is 2.35. The minimum Gasteiger partial charge on any atom is -0.361 e. The van der Waals surface area contributed by atoms with E-state index < -0.39 is 0 Å². The standard InChI is InChI=1S/C20H25N3/c1-19(2)15-9-7-13(21-15)5-6-14-8-10-16(22-14)20(3,4)18-12-11-17(19)23-18/h7-12,21-23H,5-6H2,1-4H3. The Morgan fingerprint density at radius 2 is 0.913 bits per heavy atom. The largest absolute Gasteiger partial charge is 0.361 e. The van der Waals surface area contributed by atoms with Gasteiger partial charge in [0.25, 0.3) is 0 Å². The molecule has 3 aromatic rings. The average Bonchev–Trinajstić information content (AvgIpc) is 3.23. The van der Waals surface area contributed by atoms with Gasteiger partial charge in [-0.15, -0.1) is 0 Å². The molecule has 0 atom stereocenters. The molecule has 1 aliphatic rings. The summed E-state index contributed by atoms with van der Waals surface area (Å²) in [5.74, 6) is 0. The molecule has 6 bridgehead atoms. The van der Waals surface area contributed by atoms with Crippen molar-refractivity contribution in [1.29, 1.82) is 0 Å². The lowest BCUT2D eigenvalue weighted by atomic mass is 9.85. The zero-order chi connectivity index (χ0) is 16.2. The zero-order valence-corrected chi connectivity index (χ0v) is 14.4. The smallest absolute Gasteiger partial charge is 0.0447 e. The number of nitrogens with one attached hydrogen (secondary N) is 3. The van der Waals surface area contributed by atoms with Crippen LogP contribution < -0.4 is 0 Å². The van der Waals surface area contributed by atoms with E-state index in [4.69, 9.17) is 0 Å². The molecule has 0 amide bonds. The molecule has 1 aliphatic heterocycles. The van der Waals surface area contributed by atoms with Crippen LogP contribution in [-0.4, -0.2) is 15.0 Å². The second-order valence-electron chi connectivity index (χ2n) is 7.83. The highest BCUT2D eigenvalue weighted by atomic mass is 14.8. The Morgan fingerprint density at radius 1 is 0.565 bits per heavy atom. The van der Waals surface area contributed by atoms with Gasteiger partial charge in [-0.05, 0) is 76.9 Å². The summed E-state index contributed by atoms with van der Waals surface area (Å²) in [5, 5.41) is 0. The van der Waals surface area contributed by atoms with Crippen molar-refractivity contribution >= 4 is 0 Å². The van der Waals surface area contributed by atoms with E-state index in [2.05, 4.69) is 79.0 Å². The molecule has 0 aromatic carbocycles. The van der Waals surface area contributed by atoms with Gasteiger partial charge in [-0.1, -0.05) is 0 Å². The molecule has 0 saturated carbocycles. The van der Waals surface area contributed by atoms with Crippen LogP contribution in [0.25, 0.3) is 0 Å². The van der Waals surface area contributed by atoms with Crippen LogP contribution in [0.15, 0.2) is 36.4 Å². The van der Waals surface area contributed by atoms with Crippen molar-refractivity contribution in [1.82, 2.24) is 15.0 Å². The minimum atomic E-state index is -0.0548. The topological polar surface area (TPSA) is 47.4 Å². The first kappa shape index (κ1) is 14.4. The normalized spacial score (nSPS) is 18.8. The molecule has 4 heterocycles. The number of aromatic nitrogens is 3. The summed E-state index contributed by atoms with van der Waals surface area (Å²) in [6.45, 7) is 9.10. The van der Waals surface area contributed by atoms with E-state index in [0.29, 0.717) is 0 Å². The minimum absolute atomic E-state index is 0.0548. The Kier molecular flexibility index (Phi) is 2.93. The van der Waals surface area contributed by atoms with Crippen LogP contribution in [-0.2, 0) is 23.7 Å². The van der Waals surface area contributed by atoms with Gasteiger partial charge >= 0.3 is 0 Å².